The Balaban J connectivity index is -0.0000000267. The van der Waals surface area contributed by atoms with Crippen molar-refractivity contribution in [2.45, 2.75) is 35.1 Å². The predicted octanol–water partition coefficient (Wildman–Crippen LogP) is 0.143. The molecule has 0 aliphatic carbocycles. The van der Waals surface area contributed by atoms with Gasteiger partial charge in [-0.1, -0.05) is 34.6 Å². The standard InChI is InChI=1S/C5H11.2CH4.K/c1-4-5(2)3;;;/h5H,1,4H2,2-3H3;2*1H4;/q-1;;;+1. The van der Waals surface area contributed by atoms with Gasteiger partial charge in [0.25, 0.3) is 0 Å². The zero-order valence-electron chi connectivity index (χ0n) is 4.99. The molecule has 0 aliphatic heterocycles. The van der Waals surface area contributed by atoms with Crippen LogP contribution in [0, 0.1) is 12.8 Å². The first-order valence-corrected chi connectivity index (χ1v) is 2.06. The molecule has 0 bridgehead atoms. The van der Waals surface area contributed by atoms with Gasteiger partial charge in [-0.3, -0.25) is 0 Å². The molecule has 0 fully saturated rings. The Labute approximate surface area is 97.9 Å². The van der Waals surface area contributed by atoms with Crippen LogP contribution >= 0.6 is 0 Å². The van der Waals surface area contributed by atoms with Crippen LogP contribution in [0.1, 0.15) is 35.1 Å². The molecule has 0 atom stereocenters. The van der Waals surface area contributed by atoms with Gasteiger partial charge in [0.05, 0.1) is 0 Å². The molecular weight excluding hydrogens is 123 g/mol. The van der Waals surface area contributed by atoms with Crippen LogP contribution < -0.4 is 51.4 Å². The van der Waals surface area contributed by atoms with Crippen molar-refractivity contribution in [3.05, 3.63) is 6.92 Å². The Kier molecular flexibility index (Phi) is 44.8. The van der Waals surface area contributed by atoms with Crippen LogP contribution in [0.4, 0.5) is 0 Å². The van der Waals surface area contributed by atoms with Crippen molar-refractivity contribution in [1.82, 2.24) is 0 Å². The van der Waals surface area contributed by atoms with Crippen LogP contribution in [0.2, 0.25) is 0 Å². The molecule has 0 aromatic carbocycles. The molecule has 0 aromatic heterocycles. The second-order valence-corrected chi connectivity index (χ2v) is 1.68. The van der Waals surface area contributed by atoms with E-state index in [9.17, 15) is 0 Å². The smallest absolute Gasteiger partial charge is 0.343 e. The molecule has 0 radical (unpaired) electrons. The Bertz CT molecular complexity index is 18.3. The summed E-state index contributed by atoms with van der Waals surface area (Å²) in [7, 11) is 0. The van der Waals surface area contributed by atoms with Gasteiger partial charge in [-0.25, -0.2) is 0 Å². The molecule has 0 spiro atoms. The Morgan fingerprint density at radius 3 is 1.38 bits per heavy atom. The Morgan fingerprint density at radius 2 is 1.38 bits per heavy atom. The van der Waals surface area contributed by atoms with E-state index >= 15 is 0 Å². The maximum Gasteiger partial charge on any atom is 1.00 e. The molecule has 0 rings (SSSR count). The number of hydrogen-bond acceptors (Lipinski definition) is 0. The van der Waals surface area contributed by atoms with Crippen molar-refractivity contribution in [2.75, 3.05) is 0 Å². The fraction of sp³-hybridized carbons (Fsp3) is 0.857. The van der Waals surface area contributed by atoms with E-state index in [0.29, 0.717) is 0 Å². The van der Waals surface area contributed by atoms with Crippen molar-refractivity contribution >= 4 is 0 Å². The van der Waals surface area contributed by atoms with Gasteiger partial charge < -0.3 is 6.92 Å². The van der Waals surface area contributed by atoms with Crippen molar-refractivity contribution < 1.29 is 51.4 Å². The normalized spacial score (nSPS) is 6.00. The van der Waals surface area contributed by atoms with Gasteiger partial charge in [0.1, 0.15) is 0 Å². The van der Waals surface area contributed by atoms with E-state index in [-0.39, 0.29) is 66.2 Å². The van der Waals surface area contributed by atoms with Crippen LogP contribution in [-0.4, -0.2) is 0 Å². The van der Waals surface area contributed by atoms with E-state index in [4.69, 9.17) is 0 Å². The summed E-state index contributed by atoms with van der Waals surface area (Å²) in [5, 5.41) is 0. The van der Waals surface area contributed by atoms with Gasteiger partial charge in [-0.05, 0) is 0 Å². The molecule has 0 aliphatic rings. The molecule has 1 heteroatoms. The fourth-order valence-corrected chi connectivity index (χ4v) is 0. The molecule has 0 saturated carbocycles. The molecule has 8 heavy (non-hydrogen) atoms. The first kappa shape index (κ1) is 22.6. The third kappa shape index (κ3) is 25.4. The third-order valence-corrected chi connectivity index (χ3v) is 0.577. The summed E-state index contributed by atoms with van der Waals surface area (Å²) >= 11 is 0. The largest absolute Gasteiger partial charge is 1.00 e. The van der Waals surface area contributed by atoms with Crippen LogP contribution in [0.25, 0.3) is 0 Å². The molecular formula is C7H19K. The van der Waals surface area contributed by atoms with Gasteiger partial charge in [-0.2, -0.15) is 6.42 Å². The third-order valence-electron chi connectivity index (χ3n) is 0.577. The summed E-state index contributed by atoms with van der Waals surface area (Å²) in [6.45, 7) is 8.00. The summed E-state index contributed by atoms with van der Waals surface area (Å²) in [5.74, 6) is 0.773. The van der Waals surface area contributed by atoms with Gasteiger partial charge >= 0.3 is 51.4 Å². The van der Waals surface area contributed by atoms with Crippen molar-refractivity contribution in [3.63, 3.8) is 0 Å². The van der Waals surface area contributed by atoms with Crippen LogP contribution in [0.5, 0.6) is 0 Å². The zero-order chi connectivity index (χ0) is 4.28. The second-order valence-electron chi connectivity index (χ2n) is 1.68. The zero-order valence-corrected chi connectivity index (χ0v) is 8.11. The number of rotatable bonds is 1. The maximum absolute atomic E-state index is 3.69. The molecule has 0 aromatic rings. The molecule has 0 heterocycles. The van der Waals surface area contributed by atoms with E-state index < -0.39 is 0 Å². The van der Waals surface area contributed by atoms with Gasteiger partial charge in [0.2, 0.25) is 0 Å². The van der Waals surface area contributed by atoms with E-state index in [1.54, 1.807) is 0 Å². The summed E-state index contributed by atoms with van der Waals surface area (Å²) in [6.07, 6.45) is 1.06. The van der Waals surface area contributed by atoms with Crippen molar-refractivity contribution in [3.8, 4) is 0 Å². The minimum absolute atomic E-state index is 0. The summed E-state index contributed by atoms with van der Waals surface area (Å²) in [6, 6.07) is 0. The minimum atomic E-state index is 0. The summed E-state index contributed by atoms with van der Waals surface area (Å²) in [4.78, 5) is 0. The molecule has 0 saturated heterocycles. The molecule has 0 nitrogen and oxygen atoms in total. The van der Waals surface area contributed by atoms with E-state index in [1.165, 1.54) is 0 Å². The quantitative estimate of drug-likeness (QED) is 0.361. The van der Waals surface area contributed by atoms with Crippen LogP contribution in [0.15, 0.2) is 0 Å². The van der Waals surface area contributed by atoms with Gasteiger partial charge in [0, 0.05) is 0 Å². The molecule has 0 N–H and O–H groups in total. The van der Waals surface area contributed by atoms with Crippen LogP contribution in [0.3, 0.4) is 0 Å². The minimum Gasteiger partial charge on any atom is -0.343 e. The molecule has 0 unspecified atom stereocenters. The Hall–Kier alpha value is 1.64. The molecule has 0 amide bonds. The van der Waals surface area contributed by atoms with Crippen molar-refractivity contribution in [1.29, 1.82) is 0 Å². The number of hydrogen-bond donors (Lipinski definition) is 0. The SMILES string of the molecule is C.C.[CH2-]CC(C)C.[K+]. The van der Waals surface area contributed by atoms with Gasteiger partial charge in [-0.15, -0.1) is 0 Å². The molecule has 48 valence electrons. The maximum atomic E-state index is 3.69. The van der Waals surface area contributed by atoms with E-state index in [1.807, 2.05) is 0 Å². The first-order valence-electron chi connectivity index (χ1n) is 2.06. The Morgan fingerprint density at radius 1 is 1.25 bits per heavy atom. The van der Waals surface area contributed by atoms with Crippen LogP contribution in [-0.2, 0) is 0 Å². The van der Waals surface area contributed by atoms with E-state index in [0.717, 1.165) is 12.3 Å². The average Bonchev–Trinajstić information content (AvgIpc) is 1.38. The van der Waals surface area contributed by atoms with Crippen molar-refractivity contribution in [2.24, 2.45) is 5.92 Å². The monoisotopic (exact) mass is 142 g/mol. The van der Waals surface area contributed by atoms with E-state index in [2.05, 4.69) is 20.8 Å². The van der Waals surface area contributed by atoms with Gasteiger partial charge in [0.15, 0.2) is 0 Å². The first-order chi connectivity index (χ1) is 2.27. The predicted molar refractivity (Wildman–Crippen MR) is 38.3 cm³/mol. The second kappa shape index (κ2) is 15.9. The summed E-state index contributed by atoms with van der Waals surface area (Å²) < 4.78 is 0. The fourth-order valence-electron chi connectivity index (χ4n) is 0. The topological polar surface area (TPSA) is 0 Å². The summed E-state index contributed by atoms with van der Waals surface area (Å²) in [5.41, 5.74) is 0. The average molecular weight is 142 g/mol.